The van der Waals surface area contributed by atoms with Gasteiger partial charge < -0.3 is 14.8 Å². The first-order valence-corrected chi connectivity index (χ1v) is 9.57. The average Bonchev–Trinajstić information content (AvgIpc) is 2.63. The maximum absolute atomic E-state index is 12.6. The van der Waals surface area contributed by atoms with Crippen molar-refractivity contribution in [1.29, 1.82) is 0 Å². The van der Waals surface area contributed by atoms with Gasteiger partial charge in [-0.1, -0.05) is 39.0 Å². The minimum atomic E-state index is -0.144. The Balaban J connectivity index is 2.12. The predicted octanol–water partition coefficient (Wildman–Crippen LogP) is 5.27. The minimum Gasteiger partial charge on any atom is -0.490 e. The van der Waals surface area contributed by atoms with Crippen LogP contribution in [0.2, 0.25) is 0 Å². The molecule has 0 unspecified atom stereocenters. The molecule has 1 amide bonds. The number of amides is 1. The van der Waals surface area contributed by atoms with E-state index in [-0.39, 0.29) is 17.4 Å². The summed E-state index contributed by atoms with van der Waals surface area (Å²) >= 11 is 0. The van der Waals surface area contributed by atoms with Crippen molar-refractivity contribution >= 4 is 5.91 Å². The summed E-state index contributed by atoms with van der Waals surface area (Å²) in [4.78, 5) is 12.6. The van der Waals surface area contributed by atoms with Gasteiger partial charge in [-0.05, 0) is 61.6 Å². The van der Waals surface area contributed by atoms with Crippen LogP contribution in [0, 0.1) is 0 Å². The highest BCUT2D eigenvalue weighted by molar-refractivity contribution is 5.94. The third-order valence-corrected chi connectivity index (χ3v) is 4.43. The predicted molar refractivity (Wildman–Crippen MR) is 110 cm³/mol. The van der Waals surface area contributed by atoms with E-state index >= 15 is 0 Å². The Morgan fingerprint density at radius 2 is 1.56 bits per heavy atom. The normalized spacial score (nSPS) is 12.4. The van der Waals surface area contributed by atoms with E-state index in [0.29, 0.717) is 24.5 Å². The van der Waals surface area contributed by atoms with Crippen LogP contribution in [0.4, 0.5) is 0 Å². The van der Waals surface area contributed by atoms with Crippen molar-refractivity contribution in [2.75, 3.05) is 13.2 Å². The number of nitrogens with one attached hydrogen (secondary N) is 1. The molecule has 0 aromatic heterocycles. The fourth-order valence-corrected chi connectivity index (χ4v) is 2.82. The molecule has 0 saturated heterocycles. The van der Waals surface area contributed by atoms with E-state index in [1.165, 1.54) is 5.56 Å². The molecule has 0 saturated carbocycles. The molecule has 0 bridgehead atoms. The van der Waals surface area contributed by atoms with Gasteiger partial charge in [0, 0.05) is 5.56 Å². The topological polar surface area (TPSA) is 47.6 Å². The summed E-state index contributed by atoms with van der Waals surface area (Å²) in [7, 11) is 0. The lowest BCUT2D eigenvalue weighted by Crippen LogP contribution is -2.26. The van der Waals surface area contributed by atoms with Crippen LogP contribution in [-0.4, -0.2) is 19.1 Å². The molecule has 146 valence electrons. The Bertz CT molecular complexity index is 760. The standard InChI is InChI=1S/C23H31NO3/c1-7-26-20-14-11-18(15-21(20)27-8-2)16(3)24-22(25)17-9-12-19(13-10-17)23(4,5)6/h9-16H,7-8H2,1-6H3,(H,24,25)/t16-/m0/s1. The van der Waals surface area contributed by atoms with E-state index in [2.05, 4.69) is 26.1 Å². The lowest BCUT2D eigenvalue weighted by molar-refractivity contribution is 0.0939. The minimum absolute atomic E-state index is 0.0697. The van der Waals surface area contributed by atoms with Crippen molar-refractivity contribution in [3.8, 4) is 11.5 Å². The van der Waals surface area contributed by atoms with Crippen LogP contribution in [0.15, 0.2) is 42.5 Å². The lowest BCUT2D eigenvalue weighted by Gasteiger charge is -2.20. The zero-order valence-electron chi connectivity index (χ0n) is 17.3. The van der Waals surface area contributed by atoms with Crippen LogP contribution in [0.5, 0.6) is 11.5 Å². The number of ether oxygens (including phenoxy) is 2. The van der Waals surface area contributed by atoms with E-state index in [4.69, 9.17) is 9.47 Å². The zero-order chi connectivity index (χ0) is 20.0. The van der Waals surface area contributed by atoms with Gasteiger partial charge in [0.25, 0.3) is 5.91 Å². The van der Waals surface area contributed by atoms with Crippen LogP contribution >= 0.6 is 0 Å². The van der Waals surface area contributed by atoms with Crippen molar-refractivity contribution < 1.29 is 14.3 Å². The molecule has 27 heavy (non-hydrogen) atoms. The van der Waals surface area contributed by atoms with E-state index in [1.807, 2.05) is 63.2 Å². The summed E-state index contributed by atoms with van der Waals surface area (Å²) in [6.45, 7) is 13.5. The Morgan fingerprint density at radius 1 is 0.963 bits per heavy atom. The number of hydrogen-bond donors (Lipinski definition) is 1. The summed E-state index contributed by atoms with van der Waals surface area (Å²) in [6, 6.07) is 13.4. The van der Waals surface area contributed by atoms with Crippen molar-refractivity contribution in [3.63, 3.8) is 0 Å². The molecule has 0 aliphatic heterocycles. The van der Waals surface area contributed by atoms with Gasteiger partial charge in [-0.2, -0.15) is 0 Å². The molecular formula is C23H31NO3. The summed E-state index contributed by atoms with van der Waals surface area (Å²) in [5.41, 5.74) is 2.91. The van der Waals surface area contributed by atoms with Crippen molar-refractivity contribution in [1.82, 2.24) is 5.32 Å². The van der Waals surface area contributed by atoms with Crippen molar-refractivity contribution in [2.24, 2.45) is 0 Å². The van der Waals surface area contributed by atoms with E-state index in [0.717, 1.165) is 11.3 Å². The smallest absolute Gasteiger partial charge is 0.251 e. The van der Waals surface area contributed by atoms with Gasteiger partial charge in [0.2, 0.25) is 0 Å². The molecule has 2 rings (SSSR count). The number of carbonyl (C=O) groups excluding carboxylic acids is 1. The Morgan fingerprint density at radius 3 is 2.11 bits per heavy atom. The Labute approximate surface area is 162 Å². The monoisotopic (exact) mass is 369 g/mol. The molecule has 4 heteroatoms. The summed E-state index contributed by atoms with van der Waals surface area (Å²) < 4.78 is 11.3. The highest BCUT2D eigenvalue weighted by Crippen LogP contribution is 2.31. The highest BCUT2D eigenvalue weighted by atomic mass is 16.5. The van der Waals surface area contributed by atoms with Gasteiger partial charge >= 0.3 is 0 Å². The Kier molecular flexibility index (Phi) is 6.89. The van der Waals surface area contributed by atoms with Crippen LogP contribution in [0.1, 0.15) is 69.1 Å². The molecule has 0 aliphatic rings. The molecule has 0 radical (unpaired) electrons. The molecule has 0 fully saturated rings. The number of rotatable bonds is 7. The van der Waals surface area contributed by atoms with E-state index < -0.39 is 0 Å². The van der Waals surface area contributed by atoms with Crippen LogP contribution < -0.4 is 14.8 Å². The molecule has 2 aromatic rings. The van der Waals surface area contributed by atoms with Gasteiger partial charge in [-0.3, -0.25) is 4.79 Å². The maximum Gasteiger partial charge on any atom is 0.251 e. The van der Waals surface area contributed by atoms with Gasteiger partial charge in [0.1, 0.15) is 0 Å². The second-order valence-corrected chi connectivity index (χ2v) is 7.59. The second kappa shape index (κ2) is 8.94. The third kappa shape index (κ3) is 5.49. The highest BCUT2D eigenvalue weighted by Gasteiger charge is 2.16. The number of benzene rings is 2. The van der Waals surface area contributed by atoms with Gasteiger partial charge in [-0.15, -0.1) is 0 Å². The molecule has 0 aliphatic carbocycles. The van der Waals surface area contributed by atoms with Gasteiger partial charge in [0.05, 0.1) is 19.3 Å². The molecular weight excluding hydrogens is 338 g/mol. The molecule has 4 nitrogen and oxygen atoms in total. The first kappa shape index (κ1) is 20.8. The largest absolute Gasteiger partial charge is 0.490 e. The zero-order valence-corrected chi connectivity index (χ0v) is 17.3. The SMILES string of the molecule is CCOc1ccc([C@H](C)NC(=O)c2ccc(C(C)(C)C)cc2)cc1OCC. The fraction of sp³-hybridized carbons (Fsp3) is 0.435. The van der Waals surface area contributed by atoms with E-state index in [9.17, 15) is 4.79 Å². The molecule has 2 aromatic carbocycles. The van der Waals surface area contributed by atoms with Gasteiger partial charge in [-0.25, -0.2) is 0 Å². The average molecular weight is 370 g/mol. The fourth-order valence-electron chi connectivity index (χ4n) is 2.82. The first-order chi connectivity index (χ1) is 12.8. The summed E-state index contributed by atoms with van der Waals surface area (Å²) in [5.74, 6) is 1.33. The third-order valence-electron chi connectivity index (χ3n) is 4.43. The van der Waals surface area contributed by atoms with Crippen LogP contribution in [-0.2, 0) is 5.41 Å². The van der Waals surface area contributed by atoms with Crippen LogP contribution in [0.25, 0.3) is 0 Å². The maximum atomic E-state index is 12.6. The van der Waals surface area contributed by atoms with Gasteiger partial charge in [0.15, 0.2) is 11.5 Å². The Hall–Kier alpha value is -2.49. The summed E-state index contributed by atoms with van der Waals surface area (Å²) in [5, 5.41) is 3.06. The molecule has 1 N–H and O–H groups in total. The second-order valence-electron chi connectivity index (χ2n) is 7.59. The van der Waals surface area contributed by atoms with Crippen molar-refractivity contribution in [3.05, 3.63) is 59.2 Å². The molecule has 0 heterocycles. The number of carbonyl (C=O) groups is 1. The quantitative estimate of drug-likeness (QED) is 0.723. The summed E-state index contributed by atoms with van der Waals surface area (Å²) in [6.07, 6.45) is 0. The molecule has 1 atom stereocenters. The number of hydrogen-bond acceptors (Lipinski definition) is 3. The first-order valence-electron chi connectivity index (χ1n) is 9.57. The van der Waals surface area contributed by atoms with E-state index in [1.54, 1.807) is 0 Å². The molecule has 0 spiro atoms. The van der Waals surface area contributed by atoms with Crippen molar-refractivity contribution in [2.45, 2.75) is 53.0 Å². The lowest BCUT2D eigenvalue weighted by atomic mass is 9.86. The van der Waals surface area contributed by atoms with Crippen LogP contribution in [0.3, 0.4) is 0 Å².